The fourth-order valence-corrected chi connectivity index (χ4v) is 3.71. The molecule has 1 N–H and O–H groups in total. The maximum Gasteiger partial charge on any atom is 0.238 e. The number of carbonyl (C=O) groups excluding carboxylic acids is 1. The van der Waals surface area contributed by atoms with Gasteiger partial charge in [0.05, 0.1) is 10.3 Å². The number of thiophene rings is 1. The van der Waals surface area contributed by atoms with E-state index in [0.717, 1.165) is 21.6 Å². The minimum absolute atomic E-state index is 0.0140. The number of hydrogen-bond acceptors (Lipinski definition) is 3. The van der Waals surface area contributed by atoms with Gasteiger partial charge < -0.3 is 5.32 Å². The van der Waals surface area contributed by atoms with Gasteiger partial charge in [-0.1, -0.05) is 17.7 Å². The summed E-state index contributed by atoms with van der Waals surface area (Å²) in [4.78, 5) is 15.3. The van der Waals surface area contributed by atoms with Crippen LogP contribution in [-0.4, -0.2) is 24.4 Å². The molecule has 0 saturated carbocycles. The van der Waals surface area contributed by atoms with Crippen LogP contribution in [0.3, 0.4) is 0 Å². The predicted molar refractivity (Wildman–Crippen MR) is 92.9 cm³/mol. The van der Waals surface area contributed by atoms with Gasteiger partial charge in [-0.3, -0.25) is 9.69 Å². The first-order valence-electron chi connectivity index (χ1n) is 6.74. The van der Waals surface area contributed by atoms with Crippen molar-refractivity contribution in [2.75, 3.05) is 18.9 Å². The van der Waals surface area contributed by atoms with E-state index in [1.165, 1.54) is 10.4 Å². The Morgan fingerprint density at radius 3 is 2.67 bits per heavy atom. The molecule has 0 aliphatic carbocycles. The third kappa shape index (κ3) is 4.95. The second-order valence-corrected chi connectivity index (χ2v) is 7.79. The van der Waals surface area contributed by atoms with Crippen molar-refractivity contribution in [2.24, 2.45) is 0 Å². The summed E-state index contributed by atoms with van der Waals surface area (Å²) in [5, 5.41) is 2.97. The molecule has 0 atom stereocenters. The third-order valence-electron chi connectivity index (χ3n) is 3.12. The van der Waals surface area contributed by atoms with Gasteiger partial charge in [0.1, 0.15) is 0 Å². The van der Waals surface area contributed by atoms with E-state index >= 15 is 0 Å². The standard InChI is InChI=1S/C16H19BrN2OS/c1-11-4-6-14(12(2)8-11)18-16(20)10-19(3)9-13-5-7-15(17)21-13/h4-8H,9-10H2,1-3H3,(H,18,20). The van der Waals surface area contributed by atoms with Crippen molar-refractivity contribution in [1.82, 2.24) is 4.90 Å². The molecule has 0 radical (unpaired) electrons. The molecule has 0 bridgehead atoms. The van der Waals surface area contributed by atoms with Gasteiger partial charge in [0.25, 0.3) is 0 Å². The molecule has 1 aromatic heterocycles. The quantitative estimate of drug-likeness (QED) is 0.859. The van der Waals surface area contributed by atoms with Crippen LogP contribution in [0.5, 0.6) is 0 Å². The van der Waals surface area contributed by atoms with E-state index in [-0.39, 0.29) is 5.91 Å². The highest BCUT2D eigenvalue weighted by Crippen LogP contribution is 2.23. The Balaban J connectivity index is 1.89. The van der Waals surface area contributed by atoms with E-state index in [2.05, 4.69) is 33.4 Å². The minimum atomic E-state index is 0.0140. The van der Waals surface area contributed by atoms with Crippen LogP contribution >= 0.6 is 27.3 Å². The zero-order valence-electron chi connectivity index (χ0n) is 12.4. The maximum absolute atomic E-state index is 12.1. The molecule has 0 aliphatic rings. The molecular formula is C16H19BrN2OS. The summed E-state index contributed by atoms with van der Waals surface area (Å²) in [5.74, 6) is 0.0140. The average Bonchev–Trinajstić information content (AvgIpc) is 2.78. The van der Waals surface area contributed by atoms with Gasteiger partial charge in [-0.2, -0.15) is 0 Å². The van der Waals surface area contributed by atoms with Crippen molar-refractivity contribution in [3.8, 4) is 0 Å². The second-order valence-electron chi connectivity index (χ2n) is 5.24. The molecule has 0 fully saturated rings. The topological polar surface area (TPSA) is 32.3 Å². The smallest absolute Gasteiger partial charge is 0.238 e. The van der Waals surface area contributed by atoms with Crippen molar-refractivity contribution >= 4 is 38.9 Å². The van der Waals surface area contributed by atoms with E-state index < -0.39 is 0 Å². The summed E-state index contributed by atoms with van der Waals surface area (Å²) >= 11 is 5.15. The Hall–Kier alpha value is -1.17. The van der Waals surface area contributed by atoms with Gasteiger partial charge in [-0.05, 0) is 60.6 Å². The summed E-state index contributed by atoms with van der Waals surface area (Å²) < 4.78 is 1.12. The Kier molecular flexibility index (Phi) is 5.56. The number of amides is 1. The number of rotatable bonds is 5. The molecular weight excluding hydrogens is 348 g/mol. The Morgan fingerprint density at radius 1 is 1.29 bits per heavy atom. The highest BCUT2D eigenvalue weighted by molar-refractivity contribution is 9.11. The van der Waals surface area contributed by atoms with Crippen LogP contribution < -0.4 is 5.32 Å². The molecule has 0 spiro atoms. The fraction of sp³-hybridized carbons (Fsp3) is 0.312. The first-order valence-corrected chi connectivity index (χ1v) is 8.35. The molecule has 2 rings (SSSR count). The molecule has 112 valence electrons. The van der Waals surface area contributed by atoms with Gasteiger partial charge >= 0.3 is 0 Å². The highest BCUT2D eigenvalue weighted by atomic mass is 79.9. The summed E-state index contributed by atoms with van der Waals surface area (Å²) in [7, 11) is 1.95. The number of nitrogens with one attached hydrogen (secondary N) is 1. The van der Waals surface area contributed by atoms with Crippen molar-refractivity contribution < 1.29 is 4.79 Å². The zero-order chi connectivity index (χ0) is 15.4. The molecule has 5 heteroatoms. The molecule has 1 heterocycles. The number of halogens is 1. The van der Waals surface area contributed by atoms with Crippen molar-refractivity contribution in [1.29, 1.82) is 0 Å². The van der Waals surface area contributed by atoms with E-state index in [4.69, 9.17) is 0 Å². The molecule has 1 aromatic carbocycles. The third-order valence-corrected chi connectivity index (χ3v) is 4.73. The monoisotopic (exact) mass is 366 g/mol. The number of likely N-dealkylation sites (N-methyl/N-ethyl adjacent to an activating group) is 1. The van der Waals surface area contributed by atoms with Crippen molar-refractivity contribution in [3.63, 3.8) is 0 Å². The fourth-order valence-electron chi connectivity index (χ4n) is 2.15. The van der Waals surface area contributed by atoms with Crippen LogP contribution in [0.15, 0.2) is 34.1 Å². The number of benzene rings is 1. The number of hydrogen-bond donors (Lipinski definition) is 1. The number of nitrogens with zero attached hydrogens (tertiary/aromatic N) is 1. The Labute approximate surface area is 138 Å². The van der Waals surface area contributed by atoms with Crippen LogP contribution in [0.25, 0.3) is 0 Å². The lowest BCUT2D eigenvalue weighted by Gasteiger charge is -2.16. The second kappa shape index (κ2) is 7.20. The van der Waals surface area contributed by atoms with E-state index in [1.807, 2.05) is 44.0 Å². The molecule has 2 aromatic rings. The molecule has 0 saturated heterocycles. The first-order chi connectivity index (χ1) is 9.94. The lowest BCUT2D eigenvalue weighted by molar-refractivity contribution is -0.117. The average molecular weight is 367 g/mol. The summed E-state index contributed by atoms with van der Waals surface area (Å²) in [6, 6.07) is 10.1. The molecule has 1 amide bonds. The minimum Gasteiger partial charge on any atom is -0.325 e. The van der Waals surface area contributed by atoms with E-state index in [9.17, 15) is 4.79 Å². The van der Waals surface area contributed by atoms with Crippen LogP contribution in [0.4, 0.5) is 5.69 Å². The van der Waals surface area contributed by atoms with Gasteiger partial charge in [0, 0.05) is 17.1 Å². The Bertz CT molecular complexity index is 639. The van der Waals surface area contributed by atoms with Crippen molar-refractivity contribution in [3.05, 3.63) is 50.1 Å². The van der Waals surface area contributed by atoms with E-state index in [0.29, 0.717) is 6.54 Å². The highest BCUT2D eigenvalue weighted by Gasteiger charge is 2.10. The van der Waals surface area contributed by atoms with Crippen LogP contribution in [0.2, 0.25) is 0 Å². The molecule has 3 nitrogen and oxygen atoms in total. The van der Waals surface area contributed by atoms with Crippen LogP contribution in [0, 0.1) is 13.8 Å². The van der Waals surface area contributed by atoms with Crippen LogP contribution in [-0.2, 0) is 11.3 Å². The van der Waals surface area contributed by atoms with E-state index in [1.54, 1.807) is 11.3 Å². The molecule has 21 heavy (non-hydrogen) atoms. The van der Waals surface area contributed by atoms with Gasteiger partial charge in [-0.25, -0.2) is 0 Å². The zero-order valence-corrected chi connectivity index (χ0v) is 14.8. The number of anilines is 1. The number of aryl methyl sites for hydroxylation is 2. The first kappa shape index (κ1) is 16.2. The largest absolute Gasteiger partial charge is 0.325 e. The maximum atomic E-state index is 12.1. The predicted octanol–water partition coefficient (Wildman–Crippen LogP) is 4.20. The van der Waals surface area contributed by atoms with Gasteiger partial charge in [0.2, 0.25) is 5.91 Å². The van der Waals surface area contributed by atoms with Gasteiger partial charge in [-0.15, -0.1) is 11.3 Å². The van der Waals surface area contributed by atoms with Crippen LogP contribution in [0.1, 0.15) is 16.0 Å². The van der Waals surface area contributed by atoms with Gasteiger partial charge in [0.15, 0.2) is 0 Å². The summed E-state index contributed by atoms with van der Waals surface area (Å²) in [6.07, 6.45) is 0. The summed E-state index contributed by atoms with van der Waals surface area (Å²) in [6.45, 7) is 5.21. The molecule has 0 unspecified atom stereocenters. The summed E-state index contributed by atoms with van der Waals surface area (Å²) in [5.41, 5.74) is 3.18. The SMILES string of the molecule is Cc1ccc(NC(=O)CN(C)Cc2ccc(Br)s2)c(C)c1. The lowest BCUT2D eigenvalue weighted by Crippen LogP contribution is -2.29. The Morgan fingerprint density at radius 2 is 2.05 bits per heavy atom. The number of carbonyl (C=O) groups is 1. The molecule has 0 aliphatic heterocycles. The normalized spacial score (nSPS) is 10.9. The lowest BCUT2D eigenvalue weighted by atomic mass is 10.1. The van der Waals surface area contributed by atoms with Crippen molar-refractivity contribution in [2.45, 2.75) is 20.4 Å².